The number of benzene rings is 1. The van der Waals surface area contributed by atoms with Crippen molar-refractivity contribution < 1.29 is 15.0 Å². The van der Waals surface area contributed by atoms with E-state index in [1.54, 1.807) is 0 Å². The summed E-state index contributed by atoms with van der Waals surface area (Å²) in [6, 6.07) is 4.40. The fourth-order valence-electron chi connectivity index (χ4n) is 2.11. The second kappa shape index (κ2) is 6.28. The van der Waals surface area contributed by atoms with Gasteiger partial charge in [-0.2, -0.15) is 0 Å². The molecule has 0 saturated heterocycles. The van der Waals surface area contributed by atoms with E-state index in [0.29, 0.717) is 5.92 Å². The van der Waals surface area contributed by atoms with Crippen molar-refractivity contribution in [3.8, 4) is 11.5 Å². The van der Waals surface area contributed by atoms with Crippen molar-refractivity contribution in [2.45, 2.75) is 39.7 Å². The van der Waals surface area contributed by atoms with Crippen molar-refractivity contribution in [1.29, 1.82) is 0 Å². The van der Waals surface area contributed by atoms with Crippen LogP contribution in [0.3, 0.4) is 0 Å². The van der Waals surface area contributed by atoms with E-state index >= 15 is 0 Å². The average Bonchev–Trinajstić information content (AvgIpc) is 2.34. The van der Waals surface area contributed by atoms with Crippen molar-refractivity contribution in [3.63, 3.8) is 0 Å². The molecule has 0 fully saturated rings. The molecule has 0 aliphatic carbocycles. The van der Waals surface area contributed by atoms with Gasteiger partial charge in [0.1, 0.15) is 0 Å². The Morgan fingerprint density at radius 1 is 1.28 bits per heavy atom. The zero-order valence-corrected chi connectivity index (χ0v) is 11.1. The van der Waals surface area contributed by atoms with E-state index in [9.17, 15) is 15.0 Å². The van der Waals surface area contributed by atoms with Crippen LogP contribution in [0.4, 0.5) is 0 Å². The first-order chi connectivity index (χ1) is 8.51. The van der Waals surface area contributed by atoms with E-state index in [-0.39, 0.29) is 29.0 Å². The first kappa shape index (κ1) is 14.4. The summed E-state index contributed by atoms with van der Waals surface area (Å²) in [6.07, 6.45) is 1.98. The lowest BCUT2D eigenvalue weighted by Crippen LogP contribution is -2.37. The van der Waals surface area contributed by atoms with Gasteiger partial charge < -0.3 is 15.5 Å². The molecule has 1 rings (SSSR count). The van der Waals surface area contributed by atoms with Gasteiger partial charge in [-0.15, -0.1) is 0 Å². The van der Waals surface area contributed by atoms with Crippen LogP contribution >= 0.6 is 0 Å². The lowest BCUT2D eigenvalue weighted by atomic mass is 9.95. The molecule has 0 saturated carbocycles. The summed E-state index contributed by atoms with van der Waals surface area (Å²) in [6.45, 7) is 6.13. The Kier molecular flexibility index (Phi) is 5.01. The highest BCUT2D eigenvalue weighted by Gasteiger charge is 2.19. The SMILES string of the molecule is CCC(CC)C(C)NC(=O)c1cccc(O)c1O. The van der Waals surface area contributed by atoms with Crippen LogP contribution < -0.4 is 5.32 Å². The largest absolute Gasteiger partial charge is 0.504 e. The molecule has 3 N–H and O–H groups in total. The van der Waals surface area contributed by atoms with E-state index < -0.39 is 0 Å². The Balaban J connectivity index is 2.79. The van der Waals surface area contributed by atoms with Gasteiger partial charge in [-0.25, -0.2) is 0 Å². The summed E-state index contributed by atoms with van der Waals surface area (Å²) >= 11 is 0. The maximum Gasteiger partial charge on any atom is 0.255 e. The number of para-hydroxylation sites is 1. The molecule has 1 amide bonds. The maximum atomic E-state index is 12.0. The van der Waals surface area contributed by atoms with Crippen LogP contribution in [0.5, 0.6) is 11.5 Å². The number of rotatable bonds is 5. The van der Waals surface area contributed by atoms with E-state index in [1.165, 1.54) is 18.2 Å². The van der Waals surface area contributed by atoms with Gasteiger partial charge in [0.2, 0.25) is 0 Å². The number of carbonyl (C=O) groups excluding carboxylic acids is 1. The molecular formula is C14H21NO3. The van der Waals surface area contributed by atoms with Crippen LogP contribution in [0.15, 0.2) is 18.2 Å². The second-order valence-corrected chi connectivity index (χ2v) is 4.51. The molecule has 4 heteroatoms. The Labute approximate surface area is 108 Å². The van der Waals surface area contributed by atoms with Crippen LogP contribution in [0.2, 0.25) is 0 Å². The Morgan fingerprint density at radius 3 is 2.44 bits per heavy atom. The van der Waals surface area contributed by atoms with Crippen LogP contribution in [-0.4, -0.2) is 22.2 Å². The molecule has 0 aliphatic heterocycles. The second-order valence-electron chi connectivity index (χ2n) is 4.51. The zero-order chi connectivity index (χ0) is 13.7. The molecule has 1 aromatic carbocycles. The van der Waals surface area contributed by atoms with Crippen molar-refractivity contribution in [1.82, 2.24) is 5.32 Å². The normalized spacial score (nSPS) is 12.4. The summed E-state index contributed by atoms with van der Waals surface area (Å²) in [5, 5.41) is 21.8. The molecular weight excluding hydrogens is 230 g/mol. The summed E-state index contributed by atoms with van der Waals surface area (Å²) in [7, 11) is 0. The Morgan fingerprint density at radius 2 is 1.89 bits per heavy atom. The number of hydrogen-bond donors (Lipinski definition) is 3. The van der Waals surface area contributed by atoms with Crippen LogP contribution in [0.25, 0.3) is 0 Å². The standard InChI is InChI=1S/C14H21NO3/c1-4-10(5-2)9(3)15-14(18)11-7-6-8-12(16)13(11)17/h6-10,16-17H,4-5H2,1-3H3,(H,15,18). The molecule has 0 spiro atoms. The molecule has 18 heavy (non-hydrogen) atoms. The van der Waals surface area contributed by atoms with Crippen LogP contribution in [0, 0.1) is 5.92 Å². The monoisotopic (exact) mass is 251 g/mol. The zero-order valence-electron chi connectivity index (χ0n) is 11.1. The fourth-order valence-corrected chi connectivity index (χ4v) is 2.11. The lowest BCUT2D eigenvalue weighted by Gasteiger charge is -2.22. The highest BCUT2D eigenvalue weighted by atomic mass is 16.3. The number of amides is 1. The minimum atomic E-state index is -0.369. The lowest BCUT2D eigenvalue weighted by molar-refractivity contribution is 0.0922. The number of phenols is 2. The molecule has 1 unspecified atom stereocenters. The van der Waals surface area contributed by atoms with Gasteiger partial charge in [0, 0.05) is 6.04 Å². The van der Waals surface area contributed by atoms with E-state index in [1.807, 2.05) is 6.92 Å². The molecule has 0 radical (unpaired) electrons. The minimum Gasteiger partial charge on any atom is -0.504 e. The molecule has 4 nitrogen and oxygen atoms in total. The average molecular weight is 251 g/mol. The fraction of sp³-hybridized carbons (Fsp3) is 0.500. The van der Waals surface area contributed by atoms with Gasteiger partial charge in [0.25, 0.3) is 5.91 Å². The third-order valence-corrected chi connectivity index (χ3v) is 3.37. The molecule has 1 aromatic rings. The van der Waals surface area contributed by atoms with Crippen molar-refractivity contribution in [2.24, 2.45) is 5.92 Å². The van der Waals surface area contributed by atoms with Gasteiger partial charge in [0.15, 0.2) is 11.5 Å². The van der Waals surface area contributed by atoms with Gasteiger partial charge in [-0.1, -0.05) is 32.8 Å². The molecule has 0 aliphatic rings. The predicted octanol–water partition coefficient (Wildman–Crippen LogP) is 2.65. The molecule has 0 bridgehead atoms. The van der Waals surface area contributed by atoms with Gasteiger partial charge in [-0.05, 0) is 25.0 Å². The van der Waals surface area contributed by atoms with E-state index in [4.69, 9.17) is 0 Å². The number of nitrogens with one attached hydrogen (secondary N) is 1. The quantitative estimate of drug-likeness (QED) is 0.705. The first-order valence-electron chi connectivity index (χ1n) is 6.33. The smallest absolute Gasteiger partial charge is 0.255 e. The topological polar surface area (TPSA) is 69.6 Å². The van der Waals surface area contributed by atoms with Gasteiger partial charge in [0.05, 0.1) is 5.56 Å². The summed E-state index contributed by atoms with van der Waals surface area (Å²) in [5.74, 6) is -0.596. The highest BCUT2D eigenvalue weighted by Crippen LogP contribution is 2.28. The Hall–Kier alpha value is -1.71. The molecule has 1 atom stereocenters. The molecule has 0 aromatic heterocycles. The third-order valence-electron chi connectivity index (χ3n) is 3.37. The number of aromatic hydroxyl groups is 2. The van der Waals surface area contributed by atoms with Crippen molar-refractivity contribution in [3.05, 3.63) is 23.8 Å². The maximum absolute atomic E-state index is 12.0. The van der Waals surface area contributed by atoms with Crippen LogP contribution in [0.1, 0.15) is 44.0 Å². The number of hydrogen-bond acceptors (Lipinski definition) is 3. The molecule has 100 valence electrons. The summed E-state index contributed by atoms with van der Waals surface area (Å²) in [5.41, 5.74) is 0.104. The van der Waals surface area contributed by atoms with E-state index in [2.05, 4.69) is 19.2 Å². The first-order valence-corrected chi connectivity index (χ1v) is 6.33. The van der Waals surface area contributed by atoms with Crippen molar-refractivity contribution >= 4 is 5.91 Å². The molecule has 0 heterocycles. The predicted molar refractivity (Wildman–Crippen MR) is 70.8 cm³/mol. The van der Waals surface area contributed by atoms with E-state index in [0.717, 1.165) is 12.8 Å². The number of carbonyl (C=O) groups is 1. The number of phenolic OH excluding ortho intramolecular Hbond substituents is 2. The summed E-state index contributed by atoms with van der Waals surface area (Å²) < 4.78 is 0. The minimum absolute atomic E-state index is 0.0363. The van der Waals surface area contributed by atoms with Crippen LogP contribution in [-0.2, 0) is 0 Å². The highest BCUT2D eigenvalue weighted by molar-refractivity contribution is 5.97. The summed E-state index contributed by atoms with van der Waals surface area (Å²) in [4.78, 5) is 12.0. The Bertz CT molecular complexity index is 414. The van der Waals surface area contributed by atoms with Gasteiger partial charge in [-0.3, -0.25) is 4.79 Å². The van der Waals surface area contributed by atoms with Crippen molar-refractivity contribution in [2.75, 3.05) is 0 Å². The third kappa shape index (κ3) is 3.15. The van der Waals surface area contributed by atoms with Gasteiger partial charge >= 0.3 is 0 Å².